The molecule has 0 saturated heterocycles. The number of benzene rings is 1. The van der Waals surface area contributed by atoms with Crippen molar-refractivity contribution in [2.24, 2.45) is 0 Å². The van der Waals surface area contributed by atoms with Gasteiger partial charge in [-0.2, -0.15) is 0 Å². The lowest BCUT2D eigenvalue weighted by Gasteiger charge is -2.20. The minimum atomic E-state index is -0.0872. The first-order chi connectivity index (χ1) is 7.63. The van der Waals surface area contributed by atoms with Crippen LogP contribution in [0, 0.1) is 11.8 Å². The van der Waals surface area contributed by atoms with Crippen LogP contribution >= 0.6 is 0 Å². The van der Waals surface area contributed by atoms with Crippen molar-refractivity contribution in [1.82, 2.24) is 4.90 Å². The van der Waals surface area contributed by atoms with Gasteiger partial charge < -0.3 is 5.11 Å². The molecular weight excluding hydrogens is 198 g/mol. The molecule has 0 radical (unpaired) electrons. The van der Waals surface area contributed by atoms with Crippen LogP contribution < -0.4 is 0 Å². The highest BCUT2D eigenvalue weighted by atomic mass is 16.2. The Morgan fingerprint density at radius 2 is 2.12 bits per heavy atom. The van der Waals surface area contributed by atoms with Crippen LogP contribution in [0.5, 0.6) is 0 Å². The van der Waals surface area contributed by atoms with E-state index in [1.807, 2.05) is 12.1 Å². The predicted molar refractivity (Wildman–Crippen MR) is 67.0 cm³/mol. The molecule has 0 spiro atoms. The van der Waals surface area contributed by atoms with Crippen molar-refractivity contribution in [3.63, 3.8) is 0 Å². The van der Waals surface area contributed by atoms with Crippen molar-refractivity contribution in [3.05, 3.63) is 35.4 Å². The minimum Gasteiger partial charge on any atom is -0.384 e. The third-order valence-electron chi connectivity index (χ3n) is 2.55. The fourth-order valence-electron chi connectivity index (χ4n) is 1.36. The zero-order valence-corrected chi connectivity index (χ0v) is 10.2. The Morgan fingerprint density at radius 3 is 2.75 bits per heavy atom. The molecule has 0 amide bonds. The summed E-state index contributed by atoms with van der Waals surface area (Å²) in [5.41, 5.74) is 2.21. The Morgan fingerprint density at radius 1 is 1.38 bits per heavy atom. The van der Waals surface area contributed by atoms with Gasteiger partial charge in [-0.05, 0) is 38.6 Å². The molecule has 2 heteroatoms. The van der Waals surface area contributed by atoms with Gasteiger partial charge in [0, 0.05) is 18.2 Å². The zero-order valence-electron chi connectivity index (χ0n) is 10.2. The predicted octanol–water partition coefficient (Wildman–Crippen LogP) is 1.87. The third-order valence-corrected chi connectivity index (χ3v) is 2.55. The van der Waals surface area contributed by atoms with Gasteiger partial charge in [0.15, 0.2) is 0 Å². The van der Waals surface area contributed by atoms with Crippen LogP contribution in [0.1, 0.15) is 25.0 Å². The van der Waals surface area contributed by atoms with Crippen LogP contribution in [-0.4, -0.2) is 29.7 Å². The van der Waals surface area contributed by atoms with E-state index in [0.29, 0.717) is 6.04 Å². The largest absolute Gasteiger partial charge is 0.384 e. The molecule has 1 aromatic rings. The summed E-state index contributed by atoms with van der Waals surface area (Å²) in [7, 11) is 2.11. The molecule has 1 aromatic carbocycles. The van der Waals surface area contributed by atoms with Crippen molar-refractivity contribution in [1.29, 1.82) is 0 Å². The van der Waals surface area contributed by atoms with Gasteiger partial charge in [-0.1, -0.05) is 24.0 Å². The van der Waals surface area contributed by atoms with Gasteiger partial charge in [0.25, 0.3) is 0 Å². The molecule has 86 valence electrons. The number of hydrogen-bond acceptors (Lipinski definition) is 2. The molecule has 0 heterocycles. The highest BCUT2D eigenvalue weighted by molar-refractivity contribution is 5.37. The van der Waals surface area contributed by atoms with E-state index in [4.69, 9.17) is 5.11 Å². The number of rotatable bonds is 3. The lowest BCUT2D eigenvalue weighted by Crippen LogP contribution is -2.25. The Labute approximate surface area is 97.9 Å². The first kappa shape index (κ1) is 12.8. The number of nitrogens with zero attached hydrogens (tertiary/aromatic N) is 1. The standard InChI is InChI=1S/C14H19NO/c1-12(2)15(3)11-14-7-4-6-13(10-14)8-5-9-16/h4,6-7,10,12,16H,9,11H2,1-3H3. The zero-order chi connectivity index (χ0) is 12.0. The normalized spacial score (nSPS) is 10.4. The van der Waals surface area contributed by atoms with Gasteiger partial charge in [0.2, 0.25) is 0 Å². The van der Waals surface area contributed by atoms with E-state index >= 15 is 0 Å². The molecule has 1 N–H and O–H groups in total. The van der Waals surface area contributed by atoms with Gasteiger partial charge in [-0.3, -0.25) is 4.90 Å². The second-order valence-electron chi connectivity index (χ2n) is 4.17. The summed E-state index contributed by atoms with van der Waals surface area (Å²) in [6.45, 7) is 5.19. The Bertz CT molecular complexity index is 387. The quantitative estimate of drug-likeness (QED) is 0.781. The van der Waals surface area contributed by atoms with Gasteiger partial charge in [-0.15, -0.1) is 0 Å². The topological polar surface area (TPSA) is 23.5 Å². The highest BCUT2D eigenvalue weighted by Crippen LogP contribution is 2.08. The molecule has 0 saturated carbocycles. The fraction of sp³-hybridized carbons (Fsp3) is 0.429. The molecule has 0 bridgehead atoms. The van der Waals surface area contributed by atoms with Crippen LogP contribution in [0.15, 0.2) is 24.3 Å². The van der Waals surface area contributed by atoms with E-state index in [9.17, 15) is 0 Å². The van der Waals surface area contributed by atoms with E-state index in [1.54, 1.807) is 0 Å². The minimum absolute atomic E-state index is 0.0872. The first-order valence-electron chi connectivity index (χ1n) is 5.52. The molecule has 0 aliphatic heterocycles. The smallest absolute Gasteiger partial charge is 0.104 e. The summed E-state index contributed by atoms with van der Waals surface area (Å²) >= 11 is 0. The van der Waals surface area contributed by atoms with E-state index in [2.05, 4.69) is 49.8 Å². The Kier molecular flexibility index (Phi) is 5.04. The SMILES string of the molecule is CC(C)N(C)Cc1cccc(C#CCO)c1. The van der Waals surface area contributed by atoms with Gasteiger partial charge in [-0.25, -0.2) is 0 Å². The summed E-state index contributed by atoms with van der Waals surface area (Å²) in [6.07, 6.45) is 0. The monoisotopic (exact) mass is 217 g/mol. The number of aliphatic hydroxyl groups excluding tert-OH is 1. The first-order valence-corrected chi connectivity index (χ1v) is 5.52. The van der Waals surface area contributed by atoms with Gasteiger partial charge in [0.1, 0.15) is 6.61 Å². The van der Waals surface area contributed by atoms with E-state index in [1.165, 1.54) is 5.56 Å². The average molecular weight is 217 g/mol. The second kappa shape index (κ2) is 6.32. The lowest BCUT2D eigenvalue weighted by molar-refractivity contribution is 0.266. The molecular formula is C14H19NO. The summed E-state index contributed by atoms with van der Waals surface area (Å²) in [4.78, 5) is 2.28. The Balaban J connectivity index is 2.74. The maximum atomic E-state index is 8.63. The van der Waals surface area contributed by atoms with Gasteiger partial charge in [0.05, 0.1) is 0 Å². The van der Waals surface area contributed by atoms with Crippen molar-refractivity contribution < 1.29 is 5.11 Å². The van der Waals surface area contributed by atoms with Crippen LogP contribution in [0.4, 0.5) is 0 Å². The van der Waals surface area contributed by atoms with Gasteiger partial charge >= 0.3 is 0 Å². The van der Waals surface area contributed by atoms with E-state index in [0.717, 1.165) is 12.1 Å². The van der Waals surface area contributed by atoms with Crippen molar-refractivity contribution in [2.75, 3.05) is 13.7 Å². The van der Waals surface area contributed by atoms with E-state index < -0.39 is 0 Å². The third kappa shape index (κ3) is 4.06. The van der Waals surface area contributed by atoms with Crippen molar-refractivity contribution in [2.45, 2.75) is 26.4 Å². The molecule has 0 aromatic heterocycles. The molecule has 1 rings (SSSR count). The molecule has 16 heavy (non-hydrogen) atoms. The lowest BCUT2D eigenvalue weighted by atomic mass is 10.1. The summed E-state index contributed by atoms with van der Waals surface area (Å²) in [6, 6.07) is 8.67. The average Bonchev–Trinajstić information content (AvgIpc) is 2.26. The van der Waals surface area contributed by atoms with Crippen LogP contribution in [0.25, 0.3) is 0 Å². The maximum Gasteiger partial charge on any atom is 0.104 e. The van der Waals surface area contributed by atoms with Crippen LogP contribution in [0.2, 0.25) is 0 Å². The van der Waals surface area contributed by atoms with Crippen molar-refractivity contribution >= 4 is 0 Å². The second-order valence-corrected chi connectivity index (χ2v) is 4.17. The Hall–Kier alpha value is -1.30. The van der Waals surface area contributed by atoms with Crippen LogP contribution in [0.3, 0.4) is 0 Å². The summed E-state index contributed by atoms with van der Waals surface area (Å²) < 4.78 is 0. The molecule has 0 aliphatic carbocycles. The maximum absolute atomic E-state index is 8.63. The van der Waals surface area contributed by atoms with E-state index in [-0.39, 0.29) is 6.61 Å². The number of aliphatic hydroxyl groups is 1. The summed E-state index contributed by atoms with van der Waals surface area (Å²) in [5.74, 6) is 5.58. The highest BCUT2D eigenvalue weighted by Gasteiger charge is 2.03. The molecule has 0 fully saturated rings. The molecule has 2 nitrogen and oxygen atoms in total. The summed E-state index contributed by atoms with van der Waals surface area (Å²) in [5, 5.41) is 8.63. The molecule has 0 atom stereocenters. The van der Waals surface area contributed by atoms with Crippen LogP contribution in [-0.2, 0) is 6.54 Å². The fourth-order valence-corrected chi connectivity index (χ4v) is 1.36. The molecule has 0 unspecified atom stereocenters. The van der Waals surface area contributed by atoms with Crippen molar-refractivity contribution in [3.8, 4) is 11.8 Å². The molecule has 0 aliphatic rings. The number of hydrogen-bond donors (Lipinski definition) is 1.